The Morgan fingerprint density at radius 1 is 1.42 bits per heavy atom. The molecule has 0 spiro atoms. The Morgan fingerprint density at radius 2 is 2.26 bits per heavy atom. The minimum absolute atomic E-state index is 0.185. The third-order valence-electron chi connectivity index (χ3n) is 2.99. The van der Waals surface area contributed by atoms with Crippen LogP contribution in [0.25, 0.3) is 11.3 Å². The molecule has 2 heterocycles. The van der Waals surface area contributed by atoms with E-state index in [0.29, 0.717) is 17.2 Å². The highest BCUT2D eigenvalue weighted by Gasteiger charge is 2.22. The second-order valence-corrected chi connectivity index (χ2v) is 4.06. The van der Waals surface area contributed by atoms with Gasteiger partial charge < -0.3 is 19.1 Å². The molecule has 1 aliphatic heterocycles. The van der Waals surface area contributed by atoms with Crippen molar-refractivity contribution in [2.45, 2.75) is 13.3 Å². The molecule has 1 aromatic carbocycles. The molecule has 0 amide bonds. The summed E-state index contributed by atoms with van der Waals surface area (Å²) in [4.78, 5) is 10.8. The zero-order chi connectivity index (χ0) is 13.4. The Morgan fingerprint density at radius 3 is 2.95 bits per heavy atom. The van der Waals surface area contributed by atoms with Gasteiger partial charge in [0, 0.05) is 17.2 Å². The summed E-state index contributed by atoms with van der Waals surface area (Å²) in [6.45, 7) is 2.18. The fourth-order valence-corrected chi connectivity index (χ4v) is 2.12. The van der Waals surface area contributed by atoms with Crippen LogP contribution in [0.1, 0.15) is 23.0 Å². The van der Waals surface area contributed by atoms with Gasteiger partial charge in [-0.25, -0.2) is 4.79 Å². The summed E-state index contributed by atoms with van der Waals surface area (Å²) in [5.74, 6) is 0.0645. The van der Waals surface area contributed by atoms with E-state index in [1.165, 1.54) is 6.07 Å². The molecule has 1 aliphatic rings. The molecule has 6 heteroatoms. The van der Waals surface area contributed by atoms with Crippen LogP contribution in [0.2, 0.25) is 0 Å². The van der Waals surface area contributed by atoms with Crippen molar-refractivity contribution in [2.24, 2.45) is 0 Å². The van der Waals surface area contributed by atoms with Crippen LogP contribution < -0.4 is 9.47 Å². The first-order valence-electron chi connectivity index (χ1n) is 5.82. The van der Waals surface area contributed by atoms with Crippen LogP contribution in [0.3, 0.4) is 0 Å². The van der Waals surface area contributed by atoms with Gasteiger partial charge in [0.15, 0.2) is 11.5 Å². The van der Waals surface area contributed by atoms with E-state index in [4.69, 9.17) is 19.1 Å². The van der Waals surface area contributed by atoms with Crippen LogP contribution in [-0.2, 0) is 6.42 Å². The van der Waals surface area contributed by atoms with Gasteiger partial charge in [-0.15, -0.1) is 0 Å². The van der Waals surface area contributed by atoms with E-state index in [-0.39, 0.29) is 12.6 Å². The highest BCUT2D eigenvalue weighted by Crippen LogP contribution is 2.41. The molecule has 19 heavy (non-hydrogen) atoms. The molecule has 0 unspecified atom stereocenters. The fraction of sp³-hybridized carbons (Fsp3) is 0.231. The first kappa shape index (κ1) is 11.6. The molecule has 0 atom stereocenters. The largest absolute Gasteiger partial charge is 0.475 e. The van der Waals surface area contributed by atoms with E-state index in [9.17, 15) is 4.79 Å². The third-order valence-corrected chi connectivity index (χ3v) is 2.99. The number of ether oxygens (including phenoxy) is 2. The van der Waals surface area contributed by atoms with Crippen LogP contribution in [-0.4, -0.2) is 23.0 Å². The number of rotatable bonds is 3. The van der Waals surface area contributed by atoms with Gasteiger partial charge >= 0.3 is 5.97 Å². The summed E-state index contributed by atoms with van der Waals surface area (Å²) < 4.78 is 15.5. The predicted molar refractivity (Wildman–Crippen MR) is 64.4 cm³/mol. The van der Waals surface area contributed by atoms with Gasteiger partial charge in [0.05, 0.1) is 0 Å². The number of carboxylic acids is 1. The van der Waals surface area contributed by atoms with E-state index in [2.05, 4.69) is 5.16 Å². The Hall–Kier alpha value is -2.50. The zero-order valence-electron chi connectivity index (χ0n) is 10.2. The quantitative estimate of drug-likeness (QED) is 0.913. The van der Waals surface area contributed by atoms with Gasteiger partial charge in [-0.1, -0.05) is 12.1 Å². The van der Waals surface area contributed by atoms with Crippen molar-refractivity contribution in [3.8, 4) is 22.8 Å². The second-order valence-electron chi connectivity index (χ2n) is 4.06. The zero-order valence-corrected chi connectivity index (χ0v) is 10.2. The summed E-state index contributed by atoms with van der Waals surface area (Å²) in [7, 11) is 0. The van der Waals surface area contributed by atoms with Crippen molar-refractivity contribution < 1.29 is 23.9 Å². The van der Waals surface area contributed by atoms with E-state index in [1.54, 1.807) is 6.07 Å². The van der Waals surface area contributed by atoms with Gasteiger partial charge in [-0.2, -0.15) is 0 Å². The minimum Gasteiger partial charge on any atom is -0.475 e. The van der Waals surface area contributed by atoms with E-state index in [1.807, 2.05) is 13.0 Å². The van der Waals surface area contributed by atoms with E-state index < -0.39 is 5.97 Å². The molecule has 0 saturated heterocycles. The van der Waals surface area contributed by atoms with Crippen molar-refractivity contribution >= 4 is 5.97 Å². The molecule has 0 aliphatic carbocycles. The number of carbonyl (C=O) groups is 1. The summed E-state index contributed by atoms with van der Waals surface area (Å²) in [6.07, 6.45) is 0.719. The van der Waals surface area contributed by atoms with Gasteiger partial charge in [-0.3, -0.25) is 0 Å². The standard InChI is InChI=1S/C13H11NO5/c1-2-7-8(3-4-10-12(7)18-6-17-10)9-5-11(13(15)16)19-14-9/h3-5H,2,6H2,1H3,(H,15,16). The summed E-state index contributed by atoms with van der Waals surface area (Å²) in [5.41, 5.74) is 2.20. The van der Waals surface area contributed by atoms with Crippen molar-refractivity contribution in [1.29, 1.82) is 0 Å². The molecule has 1 aromatic heterocycles. The molecule has 0 radical (unpaired) electrons. The van der Waals surface area contributed by atoms with Crippen molar-refractivity contribution in [1.82, 2.24) is 5.16 Å². The monoisotopic (exact) mass is 261 g/mol. The fourth-order valence-electron chi connectivity index (χ4n) is 2.12. The van der Waals surface area contributed by atoms with Crippen LogP contribution >= 0.6 is 0 Å². The molecule has 0 bridgehead atoms. The Bertz CT molecular complexity index is 646. The molecule has 0 saturated carbocycles. The maximum absolute atomic E-state index is 10.8. The Labute approximate surface area is 108 Å². The topological polar surface area (TPSA) is 81.8 Å². The Kier molecular flexibility index (Phi) is 2.63. The lowest BCUT2D eigenvalue weighted by atomic mass is 10.0. The van der Waals surface area contributed by atoms with Crippen LogP contribution in [0.15, 0.2) is 22.7 Å². The number of aromatic carboxylic acids is 1. The van der Waals surface area contributed by atoms with Crippen LogP contribution in [0.5, 0.6) is 11.5 Å². The van der Waals surface area contributed by atoms with Crippen molar-refractivity contribution in [2.75, 3.05) is 6.79 Å². The second kappa shape index (κ2) is 4.31. The SMILES string of the molecule is CCc1c(-c2cc(C(=O)O)on2)ccc2c1OCO2. The number of carboxylic acid groups (broad SMARTS) is 1. The van der Waals surface area contributed by atoms with Crippen molar-refractivity contribution in [3.63, 3.8) is 0 Å². The number of aromatic nitrogens is 1. The number of fused-ring (bicyclic) bond motifs is 1. The normalized spacial score (nSPS) is 12.7. The highest BCUT2D eigenvalue weighted by atomic mass is 16.7. The lowest BCUT2D eigenvalue weighted by Gasteiger charge is -2.08. The third kappa shape index (κ3) is 1.81. The molecule has 3 rings (SSSR count). The van der Waals surface area contributed by atoms with Gasteiger partial charge in [-0.05, 0) is 18.6 Å². The predicted octanol–water partition coefficient (Wildman–Crippen LogP) is 2.33. The summed E-state index contributed by atoms with van der Waals surface area (Å²) >= 11 is 0. The lowest BCUT2D eigenvalue weighted by molar-refractivity contribution is 0.0652. The van der Waals surface area contributed by atoms with Gasteiger partial charge in [0.1, 0.15) is 5.69 Å². The van der Waals surface area contributed by atoms with Gasteiger partial charge in [0.25, 0.3) is 0 Å². The molecule has 6 nitrogen and oxygen atoms in total. The van der Waals surface area contributed by atoms with E-state index >= 15 is 0 Å². The number of hydrogen-bond donors (Lipinski definition) is 1. The number of hydrogen-bond acceptors (Lipinski definition) is 5. The van der Waals surface area contributed by atoms with Gasteiger partial charge in [0.2, 0.25) is 12.6 Å². The van der Waals surface area contributed by atoms with Crippen LogP contribution in [0, 0.1) is 0 Å². The average Bonchev–Trinajstić information content (AvgIpc) is 3.05. The first-order valence-corrected chi connectivity index (χ1v) is 5.82. The van der Waals surface area contributed by atoms with Crippen molar-refractivity contribution in [3.05, 3.63) is 29.5 Å². The Balaban J connectivity index is 2.11. The smallest absolute Gasteiger partial charge is 0.374 e. The number of benzene rings is 1. The average molecular weight is 261 g/mol. The number of nitrogens with zero attached hydrogens (tertiary/aromatic N) is 1. The molecule has 98 valence electrons. The summed E-state index contributed by atoms with van der Waals surface area (Å²) in [5, 5.41) is 12.6. The lowest BCUT2D eigenvalue weighted by Crippen LogP contribution is -1.95. The molecule has 2 aromatic rings. The molecule has 0 fully saturated rings. The minimum atomic E-state index is -1.14. The van der Waals surface area contributed by atoms with Crippen LogP contribution in [0.4, 0.5) is 0 Å². The summed E-state index contributed by atoms with van der Waals surface area (Å²) in [6, 6.07) is 5.01. The molecular weight excluding hydrogens is 250 g/mol. The van der Waals surface area contributed by atoms with E-state index in [0.717, 1.165) is 17.5 Å². The maximum Gasteiger partial charge on any atom is 0.374 e. The first-order chi connectivity index (χ1) is 9.20. The molecule has 1 N–H and O–H groups in total. The maximum atomic E-state index is 10.8. The molecular formula is C13H11NO5. The highest BCUT2D eigenvalue weighted by molar-refractivity contribution is 5.86.